The predicted molar refractivity (Wildman–Crippen MR) is 44.0 cm³/mol. The molecule has 0 spiro atoms. The topological polar surface area (TPSA) is 26.0 Å². The molecule has 1 nitrogen and oxygen atoms in total. The second-order valence-corrected chi connectivity index (χ2v) is 4.44. The van der Waals surface area contributed by atoms with Crippen LogP contribution >= 0.6 is 11.8 Å². The fourth-order valence-corrected chi connectivity index (χ4v) is 2.67. The van der Waals surface area contributed by atoms with Gasteiger partial charge in [-0.15, -0.1) is 0 Å². The lowest BCUT2D eigenvalue weighted by atomic mass is 9.77. The van der Waals surface area contributed by atoms with Crippen LogP contribution in [-0.2, 0) is 0 Å². The summed E-state index contributed by atoms with van der Waals surface area (Å²) in [5.74, 6) is 1.76. The monoisotopic (exact) mass is 163 g/mol. The molecule has 0 aliphatic carbocycles. The molecule has 1 heterocycles. The fourth-order valence-electron chi connectivity index (χ4n) is 1.05. The van der Waals surface area contributed by atoms with Gasteiger partial charge in [0.15, 0.2) is 0 Å². The summed E-state index contributed by atoms with van der Waals surface area (Å²) in [7, 11) is 0. The van der Waals surface area contributed by atoms with Gasteiger partial charge in [-0.3, -0.25) is 0 Å². The molecule has 0 radical (unpaired) electrons. The Labute approximate surface area is 65.6 Å². The van der Waals surface area contributed by atoms with Crippen molar-refractivity contribution in [1.82, 2.24) is 0 Å². The Hall–Kier alpha value is 0.240. The van der Waals surface area contributed by atoms with Crippen LogP contribution in [0.3, 0.4) is 0 Å². The van der Waals surface area contributed by atoms with E-state index in [0.717, 1.165) is 11.5 Å². The highest BCUT2D eigenvalue weighted by molar-refractivity contribution is 8.00. The minimum atomic E-state index is -1.10. The molecule has 0 aromatic rings. The molecule has 0 aromatic carbocycles. The van der Waals surface area contributed by atoms with Crippen LogP contribution in [0.25, 0.3) is 0 Å². The molecule has 3 heteroatoms. The minimum absolute atomic E-state index is 0.225. The van der Waals surface area contributed by atoms with Crippen LogP contribution < -0.4 is 5.73 Å². The molecule has 1 rings (SSSR count). The molecule has 0 atom stereocenters. The molecule has 1 fully saturated rings. The van der Waals surface area contributed by atoms with Crippen LogP contribution in [0.2, 0.25) is 0 Å². The number of rotatable bonds is 2. The molecule has 0 aromatic heterocycles. The van der Waals surface area contributed by atoms with Gasteiger partial charge in [-0.2, -0.15) is 11.8 Å². The Kier molecular flexibility index (Phi) is 1.98. The molecule has 1 saturated heterocycles. The molecule has 10 heavy (non-hydrogen) atoms. The summed E-state index contributed by atoms with van der Waals surface area (Å²) < 4.78 is 13.4. The predicted octanol–water partition coefficient (Wildman–Crippen LogP) is 1.43. The highest BCUT2D eigenvalue weighted by atomic mass is 32.2. The van der Waals surface area contributed by atoms with Crippen molar-refractivity contribution < 1.29 is 4.39 Å². The minimum Gasteiger partial charge on any atom is -0.330 e. The lowest BCUT2D eigenvalue weighted by Gasteiger charge is -2.47. The van der Waals surface area contributed by atoms with Crippen molar-refractivity contribution in [2.45, 2.75) is 19.5 Å². The van der Waals surface area contributed by atoms with Crippen LogP contribution in [0.1, 0.15) is 13.8 Å². The van der Waals surface area contributed by atoms with Crippen LogP contribution in [0.5, 0.6) is 0 Å². The standard InChI is InChI=1S/C7H14FNS/c1-6(2,8)7(3-9)4-10-5-7/h3-5,9H2,1-2H3. The molecule has 0 bridgehead atoms. The van der Waals surface area contributed by atoms with E-state index in [1.54, 1.807) is 25.6 Å². The summed E-state index contributed by atoms with van der Waals surface area (Å²) in [6.45, 7) is 3.72. The van der Waals surface area contributed by atoms with Gasteiger partial charge in [0.2, 0.25) is 0 Å². The van der Waals surface area contributed by atoms with Gasteiger partial charge in [-0.05, 0) is 13.8 Å². The maximum absolute atomic E-state index is 13.4. The van der Waals surface area contributed by atoms with Crippen molar-refractivity contribution in [1.29, 1.82) is 0 Å². The Morgan fingerprint density at radius 1 is 1.60 bits per heavy atom. The van der Waals surface area contributed by atoms with Gasteiger partial charge in [0.1, 0.15) is 5.67 Å². The second-order valence-electron chi connectivity index (χ2n) is 3.45. The summed E-state index contributed by atoms with van der Waals surface area (Å²) in [5.41, 5.74) is 4.17. The first-order chi connectivity index (χ1) is 4.52. The van der Waals surface area contributed by atoms with E-state index in [1.807, 2.05) is 0 Å². The number of thioether (sulfide) groups is 1. The smallest absolute Gasteiger partial charge is 0.113 e. The Morgan fingerprint density at radius 3 is 2.10 bits per heavy atom. The SMILES string of the molecule is CC(C)(F)C1(CN)CSC1. The Balaban J connectivity index is 2.65. The van der Waals surface area contributed by atoms with Crippen molar-refractivity contribution in [2.75, 3.05) is 18.1 Å². The zero-order valence-corrected chi connectivity index (χ0v) is 7.30. The highest BCUT2D eigenvalue weighted by Crippen LogP contribution is 2.47. The molecular weight excluding hydrogens is 149 g/mol. The summed E-state index contributed by atoms with van der Waals surface area (Å²) in [5, 5.41) is 0. The zero-order chi connectivity index (χ0) is 7.83. The third-order valence-corrected chi connectivity index (χ3v) is 3.92. The first kappa shape index (κ1) is 8.34. The van der Waals surface area contributed by atoms with E-state index in [4.69, 9.17) is 5.73 Å². The van der Waals surface area contributed by atoms with Gasteiger partial charge in [0.25, 0.3) is 0 Å². The zero-order valence-electron chi connectivity index (χ0n) is 6.48. The van der Waals surface area contributed by atoms with Gasteiger partial charge in [-0.1, -0.05) is 0 Å². The van der Waals surface area contributed by atoms with E-state index in [-0.39, 0.29) is 5.41 Å². The summed E-state index contributed by atoms with van der Waals surface area (Å²) in [6.07, 6.45) is 0. The van der Waals surface area contributed by atoms with E-state index in [2.05, 4.69) is 0 Å². The molecule has 2 N–H and O–H groups in total. The van der Waals surface area contributed by atoms with Crippen LogP contribution in [0.15, 0.2) is 0 Å². The normalized spacial score (nSPS) is 24.0. The number of nitrogens with two attached hydrogens (primary N) is 1. The molecule has 1 aliphatic rings. The summed E-state index contributed by atoms with van der Waals surface area (Å²) in [6, 6.07) is 0. The van der Waals surface area contributed by atoms with Crippen LogP contribution in [0, 0.1) is 5.41 Å². The largest absolute Gasteiger partial charge is 0.330 e. The van der Waals surface area contributed by atoms with Crippen molar-refractivity contribution >= 4 is 11.8 Å². The van der Waals surface area contributed by atoms with E-state index >= 15 is 0 Å². The van der Waals surface area contributed by atoms with E-state index in [0.29, 0.717) is 6.54 Å². The van der Waals surface area contributed by atoms with E-state index < -0.39 is 5.67 Å². The molecule has 60 valence electrons. The number of halogens is 1. The van der Waals surface area contributed by atoms with Crippen molar-refractivity contribution in [3.63, 3.8) is 0 Å². The summed E-state index contributed by atoms with van der Waals surface area (Å²) in [4.78, 5) is 0. The average Bonchev–Trinajstić information content (AvgIpc) is 1.58. The van der Waals surface area contributed by atoms with Crippen LogP contribution in [0.4, 0.5) is 4.39 Å². The lowest BCUT2D eigenvalue weighted by Crippen LogP contribution is -2.55. The molecule has 0 amide bonds. The third kappa shape index (κ3) is 1.05. The molecule has 0 unspecified atom stereocenters. The Morgan fingerprint density at radius 2 is 2.10 bits per heavy atom. The first-order valence-electron chi connectivity index (χ1n) is 3.49. The van der Waals surface area contributed by atoms with Gasteiger partial charge in [0, 0.05) is 23.5 Å². The molecule has 1 aliphatic heterocycles. The maximum Gasteiger partial charge on any atom is 0.113 e. The van der Waals surface area contributed by atoms with Gasteiger partial charge in [0.05, 0.1) is 0 Å². The third-order valence-electron chi connectivity index (χ3n) is 2.41. The number of alkyl halides is 1. The molecular formula is C7H14FNS. The van der Waals surface area contributed by atoms with Gasteiger partial charge in [-0.25, -0.2) is 4.39 Å². The van der Waals surface area contributed by atoms with Crippen molar-refractivity contribution in [2.24, 2.45) is 11.1 Å². The lowest BCUT2D eigenvalue weighted by molar-refractivity contribution is 0.0588. The van der Waals surface area contributed by atoms with Gasteiger partial charge < -0.3 is 5.73 Å². The van der Waals surface area contributed by atoms with Crippen molar-refractivity contribution in [3.8, 4) is 0 Å². The van der Waals surface area contributed by atoms with Gasteiger partial charge >= 0.3 is 0 Å². The first-order valence-corrected chi connectivity index (χ1v) is 4.64. The van der Waals surface area contributed by atoms with E-state index in [9.17, 15) is 4.39 Å². The van der Waals surface area contributed by atoms with E-state index in [1.165, 1.54) is 0 Å². The quantitative estimate of drug-likeness (QED) is 0.666. The number of hydrogen-bond donors (Lipinski definition) is 1. The van der Waals surface area contributed by atoms with Crippen molar-refractivity contribution in [3.05, 3.63) is 0 Å². The summed E-state index contributed by atoms with van der Waals surface area (Å²) >= 11 is 1.78. The number of hydrogen-bond acceptors (Lipinski definition) is 2. The Bertz CT molecular complexity index is 121. The highest BCUT2D eigenvalue weighted by Gasteiger charge is 2.49. The maximum atomic E-state index is 13.4. The average molecular weight is 163 g/mol. The molecule has 0 saturated carbocycles. The van der Waals surface area contributed by atoms with Crippen LogP contribution in [-0.4, -0.2) is 23.7 Å². The second kappa shape index (κ2) is 2.38. The fraction of sp³-hybridized carbons (Fsp3) is 1.00.